The number of amides is 1. The van der Waals surface area contributed by atoms with Crippen molar-refractivity contribution in [2.24, 2.45) is 11.0 Å². The van der Waals surface area contributed by atoms with Crippen molar-refractivity contribution in [3.63, 3.8) is 0 Å². The summed E-state index contributed by atoms with van der Waals surface area (Å²) in [6.45, 7) is 2.20. The largest absolute Gasteiger partial charge is 0.496 e. The molecule has 2 aliphatic rings. The van der Waals surface area contributed by atoms with Crippen LogP contribution < -0.4 is 9.47 Å². The molecular weight excluding hydrogens is 486 g/mol. The van der Waals surface area contributed by atoms with Gasteiger partial charge in [0.1, 0.15) is 17.7 Å². The standard InChI is InChI=1S/C28H29N5O5/c1-4-31-17-22(33(35)36)26(29-31)28(34)32-27(20-12-6-8-15-24(20)38-3)21-13-9-11-19(25(21)30-32)16-18-10-5-7-14-23(18)37-2/h5-8,10,12,14-17,21,27H,4,9,11,13H2,1-3H3/b19-16+/t21-,27+/m1/s1. The van der Waals surface area contributed by atoms with Gasteiger partial charge in [-0.2, -0.15) is 10.2 Å². The van der Waals surface area contributed by atoms with Gasteiger partial charge < -0.3 is 9.47 Å². The van der Waals surface area contributed by atoms with E-state index in [0.29, 0.717) is 12.3 Å². The average molecular weight is 516 g/mol. The summed E-state index contributed by atoms with van der Waals surface area (Å²) in [6.07, 6.45) is 5.85. The number of rotatable bonds is 7. The van der Waals surface area contributed by atoms with Crippen molar-refractivity contribution in [2.75, 3.05) is 14.2 Å². The molecule has 1 amide bonds. The Balaban J connectivity index is 1.65. The maximum Gasteiger partial charge on any atom is 0.320 e. The fraction of sp³-hybridized carbons (Fsp3) is 0.321. The molecule has 0 bridgehead atoms. The van der Waals surface area contributed by atoms with E-state index in [-0.39, 0.29) is 17.3 Å². The number of carbonyl (C=O) groups is 1. The minimum Gasteiger partial charge on any atom is -0.496 e. The first-order valence-electron chi connectivity index (χ1n) is 12.6. The predicted octanol–water partition coefficient (Wildman–Crippen LogP) is 5.27. The van der Waals surface area contributed by atoms with Crippen molar-refractivity contribution >= 4 is 23.4 Å². The van der Waals surface area contributed by atoms with Gasteiger partial charge in [0, 0.05) is 23.6 Å². The summed E-state index contributed by atoms with van der Waals surface area (Å²) in [5.74, 6) is 0.646. The Labute approximate surface area is 220 Å². The summed E-state index contributed by atoms with van der Waals surface area (Å²) in [5, 5.41) is 22.3. The molecule has 2 heterocycles. The minimum absolute atomic E-state index is 0.114. The van der Waals surface area contributed by atoms with Crippen molar-refractivity contribution in [3.8, 4) is 11.5 Å². The molecule has 5 rings (SSSR count). The van der Waals surface area contributed by atoms with Crippen LogP contribution in [-0.4, -0.2) is 45.6 Å². The van der Waals surface area contributed by atoms with Crippen molar-refractivity contribution in [1.82, 2.24) is 14.8 Å². The van der Waals surface area contributed by atoms with E-state index in [9.17, 15) is 14.9 Å². The zero-order valence-electron chi connectivity index (χ0n) is 21.5. The van der Waals surface area contributed by atoms with Crippen LogP contribution in [0.15, 0.2) is 65.4 Å². The van der Waals surface area contributed by atoms with Gasteiger partial charge in [-0.15, -0.1) is 0 Å². The third-order valence-corrected chi connectivity index (χ3v) is 7.10. The number of carbonyl (C=O) groups excluding carboxylic acids is 1. The number of hydrogen-bond acceptors (Lipinski definition) is 7. The molecule has 10 nitrogen and oxygen atoms in total. The third kappa shape index (κ3) is 4.42. The highest BCUT2D eigenvalue weighted by Gasteiger charge is 2.46. The number of ether oxygens (including phenoxy) is 2. The number of nitro groups is 1. The van der Waals surface area contributed by atoms with Gasteiger partial charge in [0.15, 0.2) is 0 Å². The molecule has 38 heavy (non-hydrogen) atoms. The molecular formula is C28H29N5O5. The van der Waals surface area contributed by atoms with Gasteiger partial charge in [-0.1, -0.05) is 36.4 Å². The average Bonchev–Trinajstić information content (AvgIpc) is 3.56. The molecule has 1 aliphatic carbocycles. The van der Waals surface area contributed by atoms with Gasteiger partial charge >= 0.3 is 11.6 Å². The summed E-state index contributed by atoms with van der Waals surface area (Å²) in [5.41, 5.74) is 2.96. The number of aryl methyl sites for hydroxylation is 1. The van der Waals surface area contributed by atoms with E-state index in [2.05, 4.69) is 11.2 Å². The Morgan fingerprint density at radius 2 is 1.84 bits per heavy atom. The number of methoxy groups -OCH3 is 2. The number of hydrogen-bond donors (Lipinski definition) is 0. The molecule has 1 fully saturated rings. The first-order valence-corrected chi connectivity index (χ1v) is 12.6. The van der Waals surface area contributed by atoms with E-state index >= 15 is 0 Å². The molecule has 0 saturated heterocycles. The number of nitrogens with zero attached hydrogens (tertiary/aromatic N) is 5. The molecule has 2 atom stereocenters. The van der Waals surface area contributed by atoms with E-state index < -0.39 is 16.9 Å². The molecule has 2 aromatic carbocycles. The van der Waals surface area contributed by atoms with Crippen LogP contribution in [0.4, 0.5) is 5.69 Å². The van der Waals surface area contributed by atoms with Gasteiger partial charge in [-0.25, -0.2) is 5.01 Å². The maximum absolute atomic E-state index is 14.0. The number of fused-ring (bicyclic) bond motifs is 1. The maximum atomic E-state index is 14.0. The van der Waals surface area contributed by atoms with Gasteiger partial charge in [0.05, 0.1) is 30.9 Å². The first kappa shape index (κ1) is 25.2. The van der Waals surface area contributed by atoms with Crippen LogP contribution in [0.1, 0.15) is 53.8 Å². The number of aromatic nitrogens is 2. The fourth-order valence-electron chi connectivity index (χ4n) is 5.33. The number of para-hydroxylation sites is 2. The lowest BCUT2D eigenvalue weighted by molar-refractivity contribution is -0.385. The summed E-state index contributed by atoms with van der Waals surface area (Å²) >= 11 is 0. The second-order valence-corrected chi connectivity index (χ2v) is 9.21. The van der Waals surface area contributed by atoms with Gasteiger partial charge in [-0.05, 0) is 50.0 Å². The molecule has 10 heteroatoms. The molecule has 0 unspecified atom stereocenters. The lowest BCUT2D eigenvalue weighted by Crippen LogP contribution is -2.32. The Morgan fingerprint density at radius 1 is 1.13 bits per heavy atom. The second-order valence-electron chi connectivity index (χ2n) is 9.21. The summed E-state index contributed by atoms with van der Waals surface area (Å²) in [4.78, 5) is 25.2. The van der Waals surface area contributed by atoms with Crippen molar-refractivity contribution in [2.45, 2.75) is 38.8 Å². The number of benzene rings is 2. The molecule has 0 N–H and O–H groups in total. The van der Waals surface area contributed by atoms with Crippen LogP contribution in [0.3, 0.4) is 0 Å². The van der Waals surface area contributed by atoms with Crippen LogP contribution >= 0.6 is 0 Å². The molecule has 3 aromatic rings. The van der Waals surface area contributed by atoms with Gasteiger partial charge in [-0.3, -0.25) is 19.6 Å². The highest BCUT2D eigenvalue weighted by Crippen LogP contribution is 2.47. The number of allylic oxidation sites excluding steroid dienone is 1. The molecule has 0 spiro atoms. The summed E-state index contributed by atoms with van der Waals surface area (Å²) in [6, 6.07) is 14.8. The Kier molecular flexibility index (Phi) is 6.95. The quantitative estimate of drug-likeness (QED) is 0.313. The van der Waals surface area contributed by atoms with Crippen molar-refractivity contribution in [1.29, 1.82) is 0 Å². The van der Waals surface area contributed by atoms with Crippen LogP contribution in [0.2, 0.25) is 0 Å². The lowest BCUT2D eigenvalue weighted by Gasteiger charge is -2.30. The Morgan fingerprint density at radius 3 is 2.55 bits per heavy atom. The van der Waals surface area contributed by atoms with Gasteiger partial charge in [0.25, 0.3) is 0 Å². The minimum atomic E-state index is -0.613. The Bertz CT molecular complexity index is 1440. The van der Waals surface area contributed by atoms with Crippen molar-refractivity contribution in [3.05, 3.63) is 87.2 Å². The SMILES string of the molecule is CCn1cc([N+](=O)[O-])c(C(=O)N2N=C3/C(=C/c4ccccc4OC)CCC[C@H]3[C@@H]2c2ccccc2OC)n1. The summed E-state index contributed by atoms with van der Waals surface area (Å²) < 4.78 is 12.6. The van der Waals surface area contributed by atoms with Crippen LogP contribution in [-0.2, 0) is 6.54 Å². The normalized spacial score (nSPS) is 19.7. The van der Waals surface area contributed by atoms with Gasteiger partial charge in [0.2, 0.25) is 5.69 Å². The Hall–Kier alpha value is -4.47. The fourth-order valence-corrected chi connectivity index (χ4v) is 5.33. The number of hydrazone groups is 1. The first-order chi connectivity index (χ1) is 18.5. The predicted molar refractivity (Wildman–Crippen MR) is 142 cm³/mol. The zero-order chi connectivity index (χ0) is 26.8. The highest BCUT2D eigenvalue weighted by molar-refractivity contribution is 6.09. The van der Waals surface area contributed by atoms with Crippen LogP contribution in [0.5, 0.6) is 11.5 Å². The topological polar surface area (TPSA) is 112 Å². The smallest absolute Gasteiger partial charge is 0.320 e. The molecule has 1 saturated carbocycles. The van der Waals surface area contributed by atoms with Crippen LogP contribution in [0.25, 0.3) is 6.08 Å². The van der Waals surface area contributed by atoms with Crippen molar-refractivity contribution < 1.29 is 19.2 Å². The van der Waals surface area contributed by atoms with E-state index in [4.69, 9.17) is 14.6 Å². The van der Waals surface area contributed by atoms with E-state index in [1.165, 1.54) is 15.9 Å². The third-order valence-electron chi connectivity index (χ3n) is 7.10. The van der Waals surface area contributed by atoms with E-state index in [1.54, 1.807) is 14.2 Å². The van der Waals surface area contributed by atoms with E-state index in [1.807, 2.05) is 55.5 Å². The summed E-state index contributed by atoms with van der Waals surface area (Å²) in [7, 11) is 3.22. The lowest BCUT2D eigenvalue weighted by atomic mass is 9.77. The monoisotopic (exact) mass is 515 g/mol. The zero-order valence-corrected chi connectivity index (χ0v) is 21.5. The second kappa shape index (κ2) is 10.5. The molecule has 196 valence electrons. The molecule has 1 aromatic heterocycles. The van der Waals surface area contributed by atoms with E-state index in [0.717, 1.165) is 47.4 Å². The molecule has 1 aliphatic heterocycles. The molecule has 0 radical (unpaired) electrons. The van der Waals surface area contributed by atoms with Crippen LogP contribution in [0, 0.1) is 16.0 Å². The highest BCUT2D eigenvalue weighted by atomic mass is 16.6.